The molecule has 0 atom stereocenters. The number of hydrogen-bond donors (Lipinski definition) is 2. The zero-order valence-corrected chi connectivity index (χ0v) is 9.50. The van der Waals surface area contributed by atoms with Crippen LogP contribution in [0.4, 0.5) is 5.82 Å². The highest BCUT2D eigenvalue weighted by atomic mass is 35.5. The van der Waals surface area contributed by atoms with Gasteiger partial charge in [0.25, 0.3) is 0 Å². The van der Waals surface area contributed by atoms with Gasteiger partial charge in [-0.3, -0.25) is 9.78 Å². The predicted octanol–water partition coefficient (Wildman–Crippen LogP) is 1.07. The Morgan fingerprint density at radius 2 is 2.31 bits per heavy atom. The highest BCUT2D eigenvalue weighted by Gasteiger charge is 2.21. The number of amides is 1. The molecule has 1 fully saturated rings. The van der Waals surface area contributed by atoms with Gasteiger partial charge in [-0.15, -0.1) is 0 Å². The molecule has 0 saturated heterocycles. The summed E-state index contributed by atoms with van der Waals surface area (Å²) in [5.41, 5.74) is 0. The maximum Gasteiger partial charge on any atom is 0.239 e. The Morgan fingerprint density at radius 1 is 1.50 bits per heavy atom. The number of carbonyl (C=O) groups is 1. The largest absolute Gasteiger partial charge is 0.360 e. The molecule has 0 unspecified atom stereocenters. The monoisotopic (exact) mass is 240 g/mol. The van der Waals surface area contributed by atoms with Crippen LogP contribution in [0.3, 0.4) is 0 Å². The number of halogens is 1. The van der Waals surface area contributed by atoms with Gasteiger partial charge in [-0.2, -0.15) is 0 Å². The highest BCUT2D eigenvalue weighted by molar-refractivity contribution is 6.29. The van der Waals surface area contributed by atoms with E-state index in [1.54, 1.807) is 0 Å². The number of anilines is 1. The predicted molar refractivity (Wildman–Crippen MR) is 61.3 cm³/mol. The fourth-order valence-electron chi connectivity index (χ4n) is 1.24. The molecule has 0 aromatic carbocycles. The van der Waals surface area contributed by atoms with Gasteiger partial charge in [0.05, 0.1) is 18.9 Å². The second-order valence-electron chi connectivity index (χ2n) is 3.83. The number of hydrogen-bond acceptors (Lipinski definition) is 4. The lowest BCUT2D eigenvalue weighted by molar-refractivity contribution is -0.119. The molecule has 1 heterocycles. The van der Waals surface area contributed by atoms with Crippen LogP contribution in [0.5, 0.6) is 0 Å². The SMILES string of the molecule is O=C(CNc1cncc(Cl)n1)NCC1CC1. The number of nitrogens with one attached hydrogen (secondary N) is 2. The topological polar surface area (TPSA) is 66.9 Å². The van der Waals surface area contributed by atoms with Crippen molar-refractivity contribution in [3.8, 4) is 0 Å². The van der Waals surface area contributed by atoms with Crippen molar-refractivity contribution < 1.29 is 4.79 Å². The van der Waals surface area contributed by atoms with Crippen LogP contribution in [-0.4, -0.2) is 29.0 Å². The summed E-state index contributed by atoms with van der Waals surface area (Å²) in [5, 5.41) is 6.01. The van der Waals surface area contributed by atoms with Crippen molar-refractivity contribution in [2.45, 2.75) is 12.8 Å². The van der Waals surface area contributed by atoms with Gasteiger partial charge in [-0.25, -0.2) is 4.98 Å². The molecule has 0 spiro atoms. The van der Waals surface area contributed by atoms with Crippen LogP contribution in [0.1, 0.15) is 12.8 Å². The Balaban J connectivity index is 1.71. The molecule has 1 aromatic heterocycles. The summed E-state index contributed by atoms with van der Waals surface area (Å²) >= 11 is 5.66. The molecule has 1 saturated carbocycles. The molecule has 2 N–H and O–H groups in total. The standard InChI is InChI=1S/C10H13ClN4O/c11-8-4-12-5-9(15-8)13-6-10(16)14-3-7-1-2-7/h4-5,7H,1-3,6H2,(H,13,15)(H,14,16). The van der Waals surface area contributed by atoms with E-state index in [2.05, 4.69) is 20.6 Å². The van der Waals surface area contributed by atoms with Crippen LogP contribution in [0.2, 0.25) is 5.15 Å². The summed E-state index contributed by atoms with van der Waals surface area (Å²) in [7, 11) is 0. The molecule has 1 aromatic rings. The number of rotatable bonds is 5. The molecule has 1 amide bonds. The van der Waals surface area contributed by atoms with E-state index in [0.29, 0.717) is 16.9 Å². The maximum atomic E-state index is 11.4. The van der Waals surface area contributed by atoms with E-state index in [1.807, 2.05) is 0 Å². The van der Waals surface area contributed by atoms with Gasteiger partial charge in [0.15, 0.2) is 0 Å². The smallest absolute Gasteiger partial charge is 0.239 e. The molecule has 0 aliphatic heterocycles. The average molecular weight is 241 g/mol. The third-order valence-electron chi connectivity index (χ3n) is 2.32. The molecule has 6 heteroatoms. The molecule has 5 nitrogen and oxygen atoms in total. The van der Waals surface area contributed by atoms with Gasteiger partial charge in [0.2, 0.25) is 5.91 Å². The highest BCUT2D eigenvalue weighted by Crippen LogP contribution is 2.27. The number of aromatic nitrogens is 2. The third-order valence-corrected chi connectivity index (χ3v) is 2.50. The van der Waals surface area contributed by atoms with E-state index < -0.39 is 0 Å². The first-order chi connectivity index (χ1) is 7.74. The van der Waals surface area contributed by atoms with E-state index >= 15 is 0 Å². The van der Waals surface area contributed by atoms with E-state index in [4.69, 9.17) is 11.6 Å². The fourth-order valence-corrected chi connectivity index (χ4v) is 1.39. The first-order valence-corrected chi connectivity index (χ1v) is 5.60. The van der Waals surface area contributed by atoms with E-state index in [-0.39, 0.29) is 12.5 Å². The molecule has 1 aliphatic rings. The summed E-state index contributed by atoms with van der Waals surface area (Å²) in [5.74, 6) is 1.16. The lowest BCUT2D eigenvalue weighted by Gasteiger charge is -2.06. The number of carbonyl (C=O) groups excluding carboxylic acids is 1. The van der Waals surface area contributed by atoms with E-state index in [0.717, 1.165) is 6.54 Å². The lowest BCUT2D eigenvalue weighted by atomic mass is 10.4. The van der Waals surface area contributed by atoms with Crippen LogP contribution < -0.4 is 10.6 Å². The Kier molecular flexibility index (Phi) is 3.56. The maximum absolute atomic E-state index is 11.4. The average Bonchev–Trinajstić information content (AvgIpc) is 3.07. The Hall–Kier alpha value is -1.36. The summed E-state index contributed by atoms with van der Waals surface area (Å²) < 4.78 is 0. The molecule has 1 aliphatic carbocycles. The van der Waals surface area contributed by atoms with Crippen molar-refractivity contribution in [3.05, 3.63) is 17.5 Å². The van der Waals surface area contributed by atoms with Crippen LogP contribution in [0.15, 0.2) is 12.4 Å². The zero-order chi connectivity index (χ0) is 11.4. The van der Waals surface area contributed by atoms with E-state index in [9.17, 15) is 4.79 Å². The van der Waals surface area contributed by atoms with Gasteiger partial charge in [-0.1, -0.05) is 11.6 Å². The van der Waals surface area contributed by atoms with Crippen LogP contribution >= 0.6 is 11.6 Å². The molecule has 0 bridgehead atoms. The Morgan fingerprint density at radius 3 is 3.00 bits per heavy atom. The first-order valence-electron chi connectivity index (χ1n) is 5.22. The zero-order valence-electron chi connectivity index (χ0n) is 8.74. The molecule has 16 heavy (non-hydrogen) atoms. The minimum atomic E-state index is -0.0336. The van der Waals surface area contributed by atoms with Crippen LogP contribution in [0.25, 0.3) is 0 Å². The minimum absolute atomic E-state index is 0.0336. The first kappa shape index (κ1) is 11.1. The molecule has 0 radical (unpaired) electrons. The molecular weight excluding hydrogens is 228 g/mol. The summed E-state index contributed by atoms with van der Waals surface area (Å²) in [4.78, 5) is 19.2. The number of nitrogens with zero attached hydrogens (tertiary/aromatic N) is 2. The van der Waals surface area contributed by atoms with Gasteiger partial charge < -0.3 is 10.6 Å². The van der Waals surface area contributed by atoms with Crippen LogP contribution in [-0.2, 0) is 4.79 Å². The van der Waals surface area contributed by atoms with Crippen molar-refractivity contribution >= 4 is 23.3 Å². The fraction of sp³-hybridized carbons (Fsp3) is 0.500. The van der Waals surface area contributed by atoms with Gasteiger partial charge in [0, 0.05) is 6.54 Å². The second-order valence-corrected chi connectivity index (χ2v) is 4.22. The van der Waals surface area contributed by atoms with Crippen molar-refractivity contribution in [1.82, 2.24) is 15.3 Å². The summed E-state index contributed by atoms with van der Waals surface area (Å²) in [6.07, 6.45) is 5.43. The van der Waals surface area contributed by atoms with Crippen molar-refractivity contribution in [2.24, 2.45) is 5.92 Å². The Bertz CT molecular complexity index is 381. The quantitative estimate of drug-likeness (QED) is 0.808. The van der Waals surface area contributed by atoms with Gasteiger partial charge >= 0.3 is 0 Å². The Labute approximate surface area is 98.6 Å². The normalized spacial score (nSPS) is 14.6. The van der Waals surface area contributed by atoms with Crippen molar-refractivity contribution in [1.29, 1.82) is 0 Å². The summed E-state index contributed by atoms with van der Waals surface area (Å²) in [6.45, 7) is 0.976. The molecule has 86 valence electrons. The van der Waals surface area contributed by atoms with Gasteiger partial charge in [0.1, 0.15) is 11.0 Å². The summed E-state index contributed by atoms with van der Waals surface area (Å²) in [6, 6.07) is 0. The van der Waals surface area contributed by atoms with E-state index in [1.165, 1.54) is 25.2 Å². The lowest BCUT2D eigenvalue weighted by Crippen LogP contribution is -2.31. The van der Waals surface area contributed by atoms with Crippen LogP contribution in [0, 0.1) is 5.92 Å². The second kappa shape index (κ2) is 5.12. The third kappa shape index (κ3) is 3.66. The van der Waals surface area contributed by atoms with Gasteiger partial charge in [-0.05, 0) is 18.8 Å². The van der Waals surface area contributed by atoms with Crippen molar-refractivity contribution in [2.75, 3.05) is 18.4 Å². The molecular formula is C10H13ClN4O. The van der Waals surface area contributed by atoms with Crippen molar-refractivity contribution in [3.63, 3.8) is 0 Å². The minimum Gasteiger partial charge on any atom is -0.360 e. The molecule has 2 rings (SSSR count).